The molecule has 0 aromatic heterocycles. The van der Waals surface area contributed by atoms with Gasteiger partial charge < -0.3 is 5.43 Å². The quantitative estimate of drug-likeness (QED) is 0.0411. The van der Waals surface area contributed by atoms with E-state index in [1.165, 1.54) is 27.8 Å². The second-order valence-corrected chi connectivity index (χ2v) is 24.1. The molecule has 0 radical (unpaired) electrons. The van der Waals surface area contributed by atoms with Gasteiger partial charge >= 0.3 is 6.16 Å². The summed E-state index contributed by atoms with van der Waals surface area (Å²) in [5, 5.41) is 2.16. The minimum atomic E-state index is -3.70. The summed E-state index contributed by atoms with van der Waals surface area (Å²) in [6, 6.07) is 68.6. The molecule has 0 amide bonds. The average molecular weight is 800 g/mol. The zero-order chi connectivity index (χ0) is 37.5. The summed E-state index contributed by atoms with van der Waals surface area (Å²) in [7, 11) is -1.34. The fourth-order valence-electron chi connectivity index (χ4n) is 7.17. The molecule has 0 atom stereocenters. The Labute approximate surface area is 336 Å². The van der Waals surface area contributed by atoms with Gasteiger partial charge in [0, 0.05) is 19.9 Å². The van der Waals surface area contributed by atoms with Crippen molar-refractivity contribution in [1.82, 2.24) is 4.44 Å². The van der Waals surface area contributed by atoms with Gasteiger partial charge in [0.05, 0.1) is 5.69 Å². The van der Waals surface area contributed by atoms with E-state index in [9.17, 15) is 0 Å². The first-order chi connectivity index (χ1) is 26.3. The van der Waals surface area contributed by atoms with Crippen molar-refractivity contribution in [3.05, 3.63) is 233 Å². The lowest BCUT2D eigenvalue weighted by atomic mass is 9.77. The van der Waals surface area contributed by atoms with Crippen LogP contribution in [0.25, 0.3) is 0 Å². The maximum atomic E-state index is 7.31. The third kappa shape index (κ3) is 8.69. The molecule has 0 aliphatic heterocycles. The topological polar surface area (TPSA) is 15.3 Å². The van der Waals surface area contributed by atoms with Gasteiger partial charge in [-0.25, -0.2) is 0 Å². The van der Waals surface area contributed by atoms with Gasteiger partial charge in [-0.05, 0) is 55.5 Å². The summed E-state index contributed by atoms with van der Waals surface area (Å²) >= 11 is 21.9. The number of hydrazine groups is 1. The fraction of sp³-hybridized carbons (Fsp3) is 0.106. The summed E-state index contributed by atoms with van der Waals surface area (Å²) in [6.45, 7) is 4.53. The molecule has 54 heavy (non-hydrogen) atoms. The molecule has 0 heterocycles. The molecule has 0 saturated carbocycles. The van der Waals surface area contributed by atoms with Crippen molar-refractivity contribution >= 4 is 63.8 Å². The Bertz CT molecular complexity index is 2000. The second-order valence-electron chi connectivity index (χ2n) is 13.6. The van der Waals surface area contributed by atoms with Crippen molar-refractivity contribution in [2.45, 2.75) is 31.6 Å². The van der Waals surface area contributed by atoms with E-state index in [0.29, 0.717) is 0 Å². The van der Waals surface area contributed by atoms with Crippen molar-refractivity contribution < 1.29 is 0 Å². The normalized spacial score (nSPS) is 11.9. The van der Waals surface area contributed by atoms with E-state index in [-0.39, 0.29) is 17.8 Å². The molecule has 0 bridgehead atoms. The van der Waals surface area contributed by atoms with Crippen LogP contribution in [0.5, 0.6) is 0 Å². The maximum absolute atomic E-state index is 7.31. The van der Waals surface area contributed by atoms with Crippen LogP contribution in [0.4, 0.5) is 5.69 Å². The Hall–Kier alpha value is -4.18. The third-order valence-electron chi connectivity index (χ3n) is 9.70. The Balaban J connectivity index is 1.58. The van der Waals surface area contributed by atoms with Gasteiger partial charge in [-0.3, -0.25) is 0 Å². The SMILES string of the molecule is CC(C)c1cc(C(c2ccccc2)c2ccccc2)c(NN(P(c2ccccc2)c2ccccc2)[Si](Cl)(Cl)Cl)c(C(c2ccccc2)c2ccccc2)c1. The number of hydrogen-bond acceptors (Lipinski definition) is 2. The smallest absolute Gasteiger partial charge is 0.317 e. The lowest BCUT2D eigenvalue weighted by molar-refractivity contribution is 0.812. The predicted octanol–water partition coefficient (Wildman–Crippen LogP) is 13.0. The van der Waals surface area contributed by atoms with Gasteiger partial charge in [-0.1, -0.05) is 208 Å². The summed E-state index contributed by atoms with van der Waals surface area (Å²) in [6.07, 6.45) is -3.70. The van der Waals surface area contributed by atoms with Crippen molar-refractivity contribution in [2.75, 3.05) is 5.43 Å². The van der Waals surface area contributed by atoms with Crippen LogP contribution in [-0.2, 0) is 0 Å². The van der Waals surface area contributed by atoms with Crippen LogP contribution < -0.4 is 16.0 Å². The minimum Gasteiger partial charge on any atom is -0.317 e. The van der Waals surface area contributed by atoms with E-state index in [1.807, 2.05) is 16.6 Å². The fourth-order valence-corrected chi connectivity index (χ4v) is 13.3. The van der Waals surface area contributed by atoms with Crippen LogP contribution in [0.2, 0.25) is 0 Å². The highest BCUT2D eigenvalue weighted by atomic mass is 35.8. The summed E-state index contributed by atoms with van der Waals surface area (Å²) in [5.41, 5.74) is 13.1. The summed E-state index contributed by atoms with van der Waals surface area (Å²) < 4.78 is 2.00. The molecule has 7 heteroatoms. The highest BCUT2D eigenvalue weighted by molar-refractivity contribution is 7.79. The predicted molar refractivity (Wildman–Crippen MR) is 236 cm³/mol. The van der Waals surface area contributed by atoms with Crippen molar-refractivity contribution in [2.24, 2.45) is 0 Å². The van der Waals surface area contributed by atoms with E-state index in [2.05, 4.69) is 201 Å². The second kappa shape index (κ2) is 17.5. The average Bonchev–Trinajstić information content (AvgIpc) is 3.20. The van der Waals surface area contributed by atoms with Crippen LogP contribution in [-0.4, -0.2) is 10.6 Å². The molecule has 7 aromatic carbocycles. The van der Waals surface area contributed by atoms with Gasteiger partial charge in [0.15, 0.2) is 0 Å². The van der Waals surface area contributed by atoms with Crippen molar-refractivity contribution in [1.29, 1.82) is 0 Å². The number of anilines is 1. The first-order valence-electron chi connectivity index (χ1n) is 18.2. The molecule has 0 saturated heterocycles. The number of halogens is 3. The molecule has 0 aliphatic carbocycles. The molecular weight excluding hydrogens is 758 g/mol. The Morgan fingerprint density at radius 1 is 0.444 bits per heavy atom. The maximum Gasteiger partial charge on any atom is 0.446 e. The van der Waals surface area contributed by atoms with Crippen molar-refractivity contribution in [3.63, 3.8) is 0 Å². The van der Waals surface area contributed by atoms with Crippen LogP contribution in [0.15, 0.2) is 194 Å². The number of benzene rings is 7. The highest BCUT2D eigenvalue weighted by Crippen LogP contribution is 2.50. The van der Waals surface area contributed by atoms with Gasteiger partial charge in [-0.15, -0.1) is 33.2 Å². The Morgan fingerprint density at radius 2 is 0.741 bits per heavy atom. The largest absolute Gasteiger partial charge is 0.446 e. The van der Waals surface area contributed by atoms with E-state index < -0.39 is 14.2 Å². The summed E-state index contributed by atoms with van der Waals surface area (Å²) in [5.74, 6) is -0.00316. The van der Waals surface area contributed by atoms with Crippen LogP contribution in [0.3, 0.4) is 0 Å². The van der Waals surface area contributed by atoms with E-state index >= 15 is 0 Å². The van der Waals surface area contributed by atoms with Gasteiger partial charge in [0.1, 0.15) is 0 Å². The monoisotopic (exact) mass is 798 g/mol. The zero-order valence-corrected chi connectivity index (χ0v) is 34.4. The lowest BCUT2D eigenvalue weighted by Crippen LogP contribution is -2.45. The Kier molecular flexibility index (Phi) is 12.4. The molecule has 0 spiro atoms. The molecule has 270 valence electrons. The molecule has 0 unspecified atom stereocenters. The molecular formula is C47H42Cl3N2PSi. The van der Waals surface area contributed by atoms with Crippen molar-refractivity contribution in [3.8, 4) is 0 Å². The molecule has 2 nitrogen and oxygen atoms in total. The minimum absolute atomic E-state index is 0.127. The molecule has 1 N–H and O–H groups in total. The number of hydrogen-bond donors (Lipinski definition) is 1. The molecule has 0 aliphatic rings. The first kappa shape index (κ1) is 38.1. The van der Waals surface area contributed by atoms with Crippen LogP contribution in [0.1, 0.15) is 70.5 Å². The van der Waals surface area contributed by atoms with Gasteiger partial charge in [-0.2, -0.15) is 4.44 Å². The molecule has 0 fully saturated rings. The van der Waals surface area contributed by atoms with E-state index in [0.717, 1.165) is 27.4 Å². The summed E-state index contributed by atoms with van der Waals surface area (Å²) in [4.78, 5) is 0. The van der Waals surface area contributed by atoms with Gasteiger partial charge in [0.25, 0.3) is 0 Å². The highest BCUT2D eigenvalue weighted by Gasteiger charge is 2.43. The molecule has 7 rings (SSSR count). The van der Waals surface area contributed by atoms with E-state index in [4.69, 9.17) is 33.2 Å². The number of nitrogens with one attached hydrogen (secondary N) is 1. The standard InChI is InChI=1S/C47H42Cl3N2PSi/c1-35(2)40-33-43(45(36-21-9-3-10-22-36)37-23-11-4-12-24-37)47(44(34-40)46(38-25-13-5-14-26-38)39-27-15-6-16-28-39)51-52(54(48,49)50)53(41-29-17-7-18-30-41)42-31-19-8-20-32-42/h3-35,45-46,51H,1-2H3. The number of rotatable bonds is 13. The first-order valence-corrected chi connectivity index (χ1v) is 24.5. The van der Waals surface area contributed by atoms with Crippen LogP contribution in [0, 0.1) is 0 Å². The van der Waals surface area contributed by atoms with Crippen LogP contribution >= 0.6 is 41.3 Å². The third-order valence-corrected chi connectivity index (χ3v) is 16.5. The number of nitrogens with zero attached hydrogens (tertiary/aromatic N) is 1. The lowest BCUT2D eigenvalue weighted by Gasteiger charge is -2.39. The molecule has 7 aromatic rings. The zero-order valence-electron chi connectivity index (χ0n) is 30.2. The van der Waals surface area contributed by atoms with E-state index in [1.54, 1.807) is 0 Å². The Morgan fingerprint density at radius 3 is 1.02 bits per heavy atom. The van der Waals surface area contributed by atoms with Gasteiger partial charge in [0.2, 0.25) is 0 Å².